The van der Waals surface area contributed by atoms with Crippen molar-refractivity contribution in [2.75, 3.05) is 26.7 Å². The summed E-state index contributed by atoms with van der Waals surface area (Å²) in [6, 6.07) is 0.282. The molecule has 88 valence electrons. The number of rotatable bonds is 1. The molecule has 1 aliphatic carbocycles. The molecule has 0 bridgehead atoms. The molecular weight excluding hydrogens is 202 g/mol. The topological polar surface area (TPSA) is 41.3 Å². The van der Waals surface area contributed by atoms with E-state index in [0.29, 0.717) is 0 Å². The fourth-order valence-electron chi connectivity index (χ4n) is 2.58. The van der Waals surface area contributed by atoms with Crippen LogP contribution in [0.5, 0.6) is 0 Å². The van der Waals surface area contributed by atoms with Crippen LogP contribution in [0.1, 0.15) is 36.2 Å². The smallest absolute Gasteiger partial charge is 0.213 e. The minimum Gasteiger partial charge on any atom is -0.444 e. The number of hydrogen-bond donors (Lipinski definition) is 1. The van der Waals surface area contributed by atoms with Crippen molar-refractivity contribution in [2.45, 2.75) is 31.7 Å². The lowest BCUT2D eigenvalue weighted by molar-refractivity contribution is 0.216. The Labute approximate surface area is 96.0 Å². The zero-order chi connectivity index (χ0) is 11.0. The first-order valence-electron chi connectivity index (χ1n) is 6.23. The van der Waals surface area contributed by atoms with Gasteiger partial charge < -0.3 is 14.6 Å². The monoisotopic (exact) mass is 221 g/mol. The summed E-state index contributed by atoms with van der Waals surface area (Å²) >= 11 is 0. The first-order chi connectivity index (χ1) is 7.83. The number of aryl methyl sites for hydroxylation is 2. The molecule has 4 heteroatoms. The number of oxazole rings is 1. The highest BCUT2D eigenvalue weighted by molar-refractivity contribution is 5.15. The van der Waals surface area contributed by atoms with E-state index in [2.05, 4.69) is 22.2 Å². The second kappa shape index (κ2) is 4.18. The van der Waals surface area contributed by atoms with Crippen LogP contribution in [-0.2, 0) is 12.8 Å². The van der Waals surface area contributed by atoms with Crippen molar-refractivity contribution in [2.24, 2.45) is 0 Å². The van der Waals surface area contributed by atoms with Gasteiger partial charge in [0.25, 0.3) is 0 Å². The second-order valence-electron chi connectivity index (χ2n) is 4.90. The Morgan fingerprint density at radius 1 is 1.38 bits per heavy atom. The number of fused-ring (bicyclic) bond motifs is 1. The van der Waals surface area contributed by atoms with Crippen LogP contribution in [0.3, 0.4) is 0 Å². The highest BCUT2D eigenvalue weighted by Gasteiger charge is 2.25. The minimum atomic E-state index is 0.282. The average molecular weight is 221 g/mol. The maximum absolute atomic E-state index is 5.89. The van der Waals surface area contributed by atoms with E-state index in [-0.39, 0.29) is 6.04 Å². The van der Waals surface area contributed by atoms with E-state index in [9.17, 15) is 0 Å². The number of aromatic nitrogens is 1. The molecule has 1 saturated heterocycles. The lowest BCUT2D eigenvalue weighted by Gasteiger charge is -2.28. The van der Waals surface area contributed by atoms with Crippen LogP contribution < -0.4 is 5.32 Å². The normalized spacial score (nSPS) is 26.7. The van der Waals surface area contributed by atoms with Gasteiger partial charge >= 0.3 is 0 Å². The zero-order valence-corrected chi connectivity index (χ0v) is 9.83. The van der Waals surface area contributed by atoms with Crippen molar-refractivity contribution >= 4 is 0 Å². The zero-order valence-electron chi connectivity index (χ0n) is 9.83. The number of likely N-dealkylation sites (N-methyl/N-ethyl adjacent to an activating group) is 1. The minimum absolute atomic E-state index is 0.282. The molecule has 0 amide bonds. The summed E-state index contributed by atoms with van der Waals surface area (Å²) in [6.07, 6.45) is 4.68. The van der Waals surface area contributed by atoms with Gasteiger partial charge in [-0.25, -0.2) is 4.98 Å². The quantitative estimate of drug-likeness (QED) is 0.772. The molecule has 0 saturated carbocycles. The van der Waals surface area contributed by atoms with Gasteiger partial charge in [0, 0.05) is 26.1 Å². The average Bonchev–Trinajstić information content (AvgIpc) is 2.72. The van der Waals surface area contributed by atoms with E-state index in [1.165, 1.54) is 18.5 Å². The Hall–Kier alpha value is -0.870. The molecule has 16 heavy (non-hydrogen) atoms. The van der Waals surface area contributed by atoms with Crippen LogP contribution in [0.15, 0.2) is 4.42 Å². The highest BCUT2D eigenvalue weighted by atomic mass is 16.4. The number of nitrogens with zero attached hydrogens (tertiary/aromatic N) is 2. The Kier molecular flexibility index (Phi) is 2.69. The fourth-order valence-corrected chi connectivity index (χ4v) is 2.58. The standard InChI is InChI=1S/C12H19N3O/c1-15-7-6-13-10(8-15)12-14-9-4-2-3-5-11(9)16-12/h10,13H,2-8H2,1H3. The highest BCUT2D eigenvalue weighted by Crippen LogP contribution is 2.25. The molecular formula is C12H19N3O. The van der Waals surface area contributed by atoms with Crippen molar-refractivity contribution in [1.29, 1.82) is 0 Å². The maximum atomic E-state index is 5.89. The third-order valence-electron chi connectivity index (χ3n) is 3.54. The Bertz CT molecular complexity index is 351. The Morgan fingerprint density at radius 2 is 2.25 bits per heavy atom. The Balaban J connectivity index is 1.80. The molecule has 4 nitrogen and oxygen atoms in total. The van der Waals surface area contributed by atoms with Crippen molar-refractivity contribution in [3.63, 3.8) is 0 Å². The van der Waals surface area contributed by atoms with Gasteiger partial charge in [0.2, 0.25) is 5.89 Å². The summed E-state index contributed by atoms with van der Waals surface area (Å²) in [4.78, 5) is 6.98. The molecule has 1 fully saturated rings. The van der Waals surface area contributed by atoms with Gasteiger partial charge in [-0.2, -0.15) is 0 Å². The summed E-state index contributed by atoms with van der Waals surface area (Å²) in [7, 11) is 2.15. The largest absolute Gasteiger partial charge is 0.444 e. The van der Waals surface area contributed by atoms with E-state index in [4.69, 9.17) is 4.42 Å². The third kappa shape index (κ3) is 1.87. The molecule has 2 heterocycles. The first-order valence-corrected chi connectivity index (χ1v) is 6.23. The molecule has 0 spiro atoms. The van der Waals surface area contributed by atoms with Gasteiger partial charge in [-0.3, -0.25) is 0 Å². The van der Waals surface area contributed by atoms with E-state index in [1.54, 1.807) is 0 Å². The SMILES string of the molecule is CN1CCNC(c2nc3c(o2)CCCC3)C1. The van der Waals surface area contributed by atoms with Gasteiger partial charge in [-0.1, -0.05) is 0 Å². The number of hydrogen-bond acceptors (Lipinski definition) is 4. The molecule has 1 aliphatic heterocycles. The predicted octanol–water partition coefficient (Wildman–Crippen LogP) is 1.13. The van der Waals surface area contributed by atoms with Crippen LogP contribution in [-0.4, -0.2) is 36.6 Å². The lowest BCUT2D eigenvalue weighted by atomic mass is 10.0. The van der Waals surface area contributed by atoms with Crippen LogP contribution >= 0.6 is 0 Å². The predicted molar refractivity (Wildman–Crippen MR) is 61.4 cm³/mol. The number of piperazine rings is 1. The summed E-state index contributed by atoms with van der Waals surface area (Å²) < 4.78 is 5.89. The summed E-state index contributed by atoms with van der Waals surface area (Å²) in [5, 5.41) is 3.48. The lowest BCUT2D eigenvalue weighted by Crippen LogP contribution is -2.43. The van der Waals surface area contributed by atoms with Crippen LogP contribution in [0.4, 0.5) is 0 Å². The summed E-state index contributed by atoms with van der Waals surface area (Å²) in [6.45, 7) is 3.13. The van der Waals surface area contributed by atoms with Crippen molar-refractivity contribution in [3.8, 4) is 0 Å². The van der Waals surface area contributed by atoms with Gasteiger partial charge in [-0.15, -0.1) is 0 Å². The van der Waals surface area contributed by atoms with Crippen LogP contribution in [0, 0.1) is 0 Å². The van der Waals surface area contributed by atoms with E-state index >= 15 is 0 Å². The summed E-state index contributed by atoms with van der Waals surface area (Å²) in [5.41, 5.74) is 1.20. The maximum Gasteiger partial charge on any atom is 0.213 e. The molecule has 1 unspecified atom stereocenters. The van der Waals surface area contributed by atoms with Crippen LogP contribution in [0.2, 0.25) is 0 Å². The molecule has 1 N–H and O–H groups in total. The molecule has 2 aliphatic rings. The van der Waals surface area contributed by atoms with Gasteiger partial charge in [0.05, 0.1) is 11.7 Å². The van der Waals surface area contributed by atoms with Crippen LogP contribution in [0.25, 0.3) is 0 Å². The molecule has 1 atom stereocenters. The van der Waals surface area contributed by atoms with E-state index in [1.807, 2.05) is 0 Å². The first kappa shape index (κ1) is 10.3. The van der Waals surface area contributed by atoms with Gasteiger partial charge in [0.15, 0.2) is 0 Å². The Morgan fingerprint density at radius 3 is 3.06 bits per heavy atom. The van der Waals surface area contributed by atoms with E-state index in [0.717, 1.165) is 44.1 Å². The molecule has 0 radical (unpaired) electrons. The molecule has 1 aromatic rings. The van der Waals surface area contributed by atoms with E-state index < -0.39 is 0 Å². The van der Waals surface area contributed by atoms with Gasteiger partial charge in [0.1, 0.15) is 5.76 Å². The van der Waals surface area contributed by atoms with Crippen molar-refractivity contribution in [3.05, 3.63) is 17.3 Å². The molecule has 0 aromatic carbocycles. The fraction of sp³-hybridized carbons (Fsp3) is 0.750. The van der Waals surface area contributed by atoms with Crippen molar-refractivity contribution < 1.29 is 4.42 Å². The second-order valence-corrected chi connectivity index (χ2v) is 4.90. The third-order valence-corrected chi connectivity index (χ3v) is 3.54. The molecule has 3 rings (SSSR count). The number of nitrogens with one attached hydrogen (secondary N) is 1. The molecule has 1 aromatic heterocycles. The van der Waals surface area contributed by atoms with Crippen molar-refractivity contribution in [1.82, 2.24) is 15.2 Å². The summed E-state index contributed by atoms with van der Waals surface area (Å²) in [5.74, 6) is 2.04. The van der Waals surface area contributed by atoms with Gasteiger partial charge in [-0.05, 0) is 26.3 Å².